The minimum Gasteiger partial charge on any atom is -0.487 e. The molecule has 0 amide bonds. The summed E-state index contributed by atoms with van der Waals surface area (Å²) in [7, 11) is 0. The zero-order chi connectivity index (χ0) is 13.0. The molecule has 0 saturated heterocycles. The molecular formula is C15H22FNO. The summed E-state index contributed by atoms with van der Waals surface area (Å²) in [4.78, 5) is 0. The van der Waals surface area contributed by atoms with Crippen LogP contribution in [0.25, 0.3) is 0 Å². The summed E-state index contributed by atoms with van der Waals surface area (Å²) < 4.78 is 19.4. The average Bonchev–Trinajstić information content (AvgIpc) is 2.30. The summed E-state index contributed by atoms with van der Waals surface area (Å²) in [5, 5.41) is 3.33. The van der Waals surface area contributed by atoms with Crippen LogP contribution >= 0.6 is 0 Å². The summed E-state index contributed by atoms with van der Waals surface area (Å²) in [6.07, 6.45) is 4.36. The molecule has 0 radical (unpaired) electrons. The van der Waals surface area contributed by atoms with Crippen LogP contribution in [0.1, 0.15) is 38.2 Å². The molecule has 0 aliphatic heterocycles. The van der Waals surface area contributed by atoms with Crippen molar-refractivity contribution in [3.05, 3.63) is 29.6 Å². The largest absolute Gasteiger partial charge is 0.487 e. The number of halogens is 1. The first-order chi connectivity index (χ1) is 8.65. The Hall–Kier alpha value is -1.09. The molecule has 100 valence electrons. The lowest BCUT2D eigenvalue weighted by Crippen LogP contribution is -2.45. The van der Waals surface area contributed by atoms with Crippen LogP contribution in [0.4, 0.5) is 4.39 Å². The van der Waals surface area contributed by atoms with Crippen LogP contribution in [0, 0.1) is 12.7 Å². The van der Waals surface area contributed by atoms with Gasteiger partial charge in [-0.05, 0) is 57.3 Å². The molecule has 0 spiro atoms. The lowest BCUT2D eigenvalue weighted by Gasteiger charge is -2.42. The van der Waals surface area contributed by atoms with Crippen molar-refractivity contribution in [2.75, 3.05) is 13.1 Å². The molecule has 1 aliphatic rings. The van der Waals surface area contributed by atoms with Crippen molar-refractivity contribution in [1.29, 1.82) is 0 Å². The van der Waals surface area contributed by atoms with Crippen molar-refractivity contribution in [1.82, 2.24) is 5.32 Å². The number of ether oxygens (including phenoxy) is 1. The molecule has 0 aromatic heterocycles. The van der Waals surface area contributed by atoms with Crippen molar-refractivity contribution in [2.45, 2.75) is 45.1 Å². The van der Waals surface area contributed by atoms with Crippen molar-refractivity contribution in [3.8, 4) is 5.75 Å². The van der Waals surface area contributed by atoms with Gasteiger partial charge in [-0.15, -0.1) is 0 Å². The van der Waals surface area contributed by atoms with Crippen LogP contribution in [-0.2, 0) is 0 Å². The normalized spacial score (nSPS) is 17.3. The van der Waals surface area contributed by atoms with Gasteiger partial charge in [-0.1, -0.05) is 13.0 Å². The first-order valence-electron chi connectivity index (χ1n) is 6.81. The fraction of sp³-hybridized carbons (Fsp3) is 0.600. The van der Waals surface area contributed by atoms with Crippen molar-refractivity contribution >= 4 is 0 Å². The first kappa shape index (κ1) is 13.3. The zero-order valence-electron chi connectivity index (χ0n) is 11.3. The van der Waals surface area contributed by atoms with Crippen LogP contribution in [0.3, 0.4) is 0 Å². The molecule has 2 rings (SSSR count). The van der Waals surface area contributed by atoms with Gasteiger partial charge in [0.2, 0.25) is 0 Å². The van der Waals surface area contributed by atoms with Gasteiger partial charge in [-0.3, -0.25) is 0 Å². The van der Waals surface area contributed by atoms with E-state index in [2.05, 4.69) is 12.2 Å². The summed E-state index contributed by atoms with van der Waals surface area (Å²) in [5.41, 5.74) is 0.937. The maximum Gasteiger partial charge on any atom is 0.126 e. The van der Waals surface area contributed by atoms with Gasteiger partial charge in [0.05, 0.1) is 0 Å². The topological polar surface area (TPSA) is 21.3 Å². The van der Waals surface area contributed by atoms with E-state index in [0.29, 0.717) is 5.75 Å². The van der Waals surface area contributed by atoms with Gasteiger partial charge in [0.15, 0.2) is 0 Å². The lowest BCUT2D eigenvalue weighted by molar-refractivity contribution is -0.0148. The van der Waals surface area contributed by atoms with E-state index in [1.807, 2.05) is 6.92 Å². The van der Waals surface area contributed by atoms with E-state index in [4.69, 9.17) is 4.74 Å². The van der Waals surface area contributed by atoms with E-state index in [9.17, 15) is 4.39 Å². The van der Waals surface area contributed by atoms with E-state index >= 15 is 0 Å². The van der Waals surface area contributed by atoms with Gasteiger partial charge in [0, 0.05) is 6.07 Å². The molecule has 1 aromatic rings. The van der Waals surface area contributed by atoms with Crippen molar-refractivity contribution in [3.63, 3.8) is 0 Å². The predicted molar refractivity (Wildman–Crippen MR) is 71.5 cm³/mol. The predicted octanol–water partition coefficient (Wildman–Crippen LogP) is 3.44. The minimum atomic E-state index is -0.225. The lowest BCUT2D eigenvalue weighted by atomic mass is 9.77. The molecule has 2 nitrogen and oxygen atoms in total. The Morgan fingerprint density at radius 2 is 2.17 bits per heavy atom. The molecule has 3 heteroatoms. The standard InChI is InChI=1S/C15H22FNO/c1-3-17-10-9-15(7-4-8-15)18-14-11-13(16)6-5-12(14)2/h5-6,11,17H,3-4,7-10H2,1-2H3. The zero-order valence-corrected chi connectivity index (χ0v) is 11.3. The Labute approximate surface area is 109 Å². The van der Waals surface area contributed by atoms with Gasteiger partial charge in [-0.2, -0.15) is 0 Å². The SMILES string of the molecule is CCNCCC1(Oc2cc(F)ccc2C)CCC1. The second kappa shape index (κ2) is 5.70. The number of rotatable bonds is 6. The van der Waals surface area contributed by atoms with Gasteiger partial charge in [-0.25, -0.2) is 4.39 Å². The fourth-order valence-electron chi connectivity index (χ4n) is 2.38. The van der Waals surface area contributed by atoms with Crippen LogP contribution in [-0.4, -0.2) is 18.7 Å². The molecule has 1 aromatic carbocycles. The Morgan fingerprint density at radius 3 is 2.78 bits per heavy atom. The third kappa shape index (κ3) is 3.02. The minimum absolute atomic E-state index is 0.0687. The van der Waals surface area contributed by atoms with Gasteiger partial charge >= 0.3 is 0 Å². The molecule has 1 aliphatic carbocycles. The molecule has 0 heterocycles. The molecule has 0 atom stereocenters. The molecule has 1 saturated carbocycles. The third-order valence-corrected chi connectivity index (χ3v) is 3.75. The highest BCUT2D eigenvalue weighted by Crippen LogP contribution is 2.40. The molecule has 1 N–H and O–H groups in total. The van der Waals surface area contributed by atoms with E-state index in [1.165, 1.54) is 18.6 Å². The number of nitrogens with one attached hydrogen (secondary N) is 1. The van der Waals surface area contributed by atoms with Gasteiger partial charge in [0.1, 0.15) is 17.2 Å². The van der Waals surface area contributed by atoms with Crippen LogP contribution in [0.15, 0.2) is 18.2 Å². The second-order valence-corrected chi connectivity index (χ2v) is 5.15. The molecule has 1 fully saturated rings. The number of hydrogen-bond acceptors (Lipinski definition) is 2. The maximum atomic E-state index is 13.3. The monoisotopic (exact) mass is 251 g/mol. The van der Waals surface area contributed by atoms with Crippen molar-refractivity contribution < 1.29 is 9.13 Å². The highest BCUT2D eigenvalue weighted by molar-refractivity contribution is 5.33. The number of aryl methyl sites for hydroxylation is 1. The smallest absolute Gasteiger partial charge is 0.126 e. The van der Waals surface area contributed by atoms with Crippen LogP contribution in [0.5, 0.6) is 5.75 Å². The van der Waals surface area contributed by atoms with Crippen molar-refractivity contribution in [2.24, 2.45) is 0 Å². The maximum absolute atomic E-state index is 13.3. The van der Waals surface area contributed by atoms with E-state index in [1.54, 1.807) is 6.07 Å². The fourth-order valence-corrected chi connectivity index (χ4v) is 2.38. The highest BCUT2D eigenvalue weighted by atomic mass is 19.1. The Balaban J connectivity index is 2.03. The number of hydrogen-bond donors (Lipinski definition) is 1. The summed E-state index contributed by atoms with van der Waals surface area (Å²) in [5.74, 6) is 0.475. The first-order valence-corrected chi connectivity index (χ1v) is 6.81. The van der Waals surface area contributed by atoms with E-state index < -0.39 is 0 Å². The average molecular weight is 251 g/mol. The number of benzene rings is 1. The van der Waals surface area contributed by atoms with E-state index in [-0.39, 0.29) is 11.4 Å². The van der Waals surface area contributed by atoms with Crippen LogP contribution in [0.2, 0.25) is 0 Å². The van der Waals surface area contributed by atoms with Gasteiger partial charge in [0.25, 0.3) is 0 Å². The Morgan fingerprint density at radius 1 is 1.39 bits per heavy atom. The molecule has 18 heavy (non-hydrogen) atoms. The molecular weight excluding hydrogens is 229 g/mol. The summed E-state index contributed by atoms with van der Waals surface area (Å²) >= 11 is 0. The molecule has 0 unspecified atom stereocenters. The van der Waals surface area contributed by atoms with Gasteiger partial charge < -0.3 is 10.1 Å². The third-order valence-electron chi connectivity index (χ3n) is 3.75. The molecule has 0 bridgehead atoms. The van der Waals surface area contributed by atoms with Crippen LogP contribution < -0.4 is 10.1 Å². The Kier molecular flexibility index (Phi) is 4.23. The summed E-state index contributed by atoms with van der Waals surface area (Å²) in [6.45, 7) is 6.01. The Bertz CT molecular complexity index is 401. The quantitative estimate of drug-likeness (QED) is 0.782. The highest BCUT2D eigenvalue weighted by Gasteiger charge is 2.39. The second-order valence-electron chi connectivity index (χ2n) is 5.15. The van der Waals surface area contributed by atoms with E-state index in [0.717, 1.165) is 37.9 Å². The summed E-state index contributed by atoms with van der Waals surface area (Å²) in [6, 6.07) is 4.76.